The van der Waals surface area contributed by atoms with Crippen LogP contribution < -0.4 is 5.32 Å². The molecule has 0 amide bonds. The fraction of sp³-hybridized carbons (Fsp3) is 0.538. The zero-order valence-corrected chi connectivity index (χ0v) is 11.4. The molecular formula is C13H19NO3S. The Morgan fingerprint density at radius 3 is 2.83 bits per heavy atom. The van der Waals surface area contributed by atoms with Crippen molar-refractivity contribution in [1.29, 1.82) is 0 Å². The summed E-state index contributed by atoms with van der Waals surface area (Å²) in [6.45, 7) is 3.25. The van der Waals surface area contributed by atoms with Crippen LogP contribution in [0.5, 0.6) is 0 Å². The van der Waals surface area contributed by atoms with E-state index in [9.17, 15) is 8.42 Å². The lowest BCUT2D eigenvalue weighted by Gasteiger charge is -2.16. The molecule has 1 aromatic rings. The highest BCUT2D eigenvalue weighted by Crippen LogP contribution is 2.24. The minimum atomic E-state index is -3.19. The van der Waals surface area contributed by atoms with Crippen molar-refractivity contribution in [1.82, 2.24) is 0 Å². The highest BCUT2D eigenvalue weighted by atomic mass is 32.2. The third-order valence-corrected chi connectivity index (χ3v) is 4.96. The van der Waals surface area contributed by atoms with Gasteiger partial charge in [0.1, 0.15) is 0 Å². The molecule has 1 aliphatic heterocycles. The summed E-state index contributed by atoms with van der Waals surface area (Å²) in [5, 5.41) is 3.27. The molecule has 100 valence electrons. The topological polar surface area (TPSA) is 55.4 Å². The van der Waals surface area contributed by atoms with Crippen LogP contribution in [0.2, 0.25) is 0 Å². The van der Waals surface area contributed by atoms with Gasteiger partial charge >= 0.3 is 0 Å². The molecule has 1 N–H and O–H groups in total. The predicted octanol–water partition coefficient (Wildman–Crippen LogP) is 2.07. The molecule has 1 saturated heterocycles. The Balaban J connectivity index is 2.24. The smallest absolute Gasteiger partial charge is 0.180 e. The highest BCUT2D eigenvalue weighted by molar-refractivity contribution is 7.91. The Morgan fingerprint density at radius 2 is 2.17 bits per heavy atom. The van der Waals surface area contributed by atoms with Gasteiger partial charge in [-0.05, 0) is 25.0 Å². The van der Waals surface area contributed by atoms with Crippen molar-refractivity contribution in [3.8, 4) is 0 Å². The summed E-state index contributed by atoms with van der Waals surface area (Å²) in [4.78, 5) is 0.402. The SMILES string of the molecule is CCCS(=O)(=O)c1ccccc1NC1CCOC1. The van der Waals surface area contributed by atoms with Crippen molar-refractivity contribution in [2.45, 2.75) is 30.7 Å². The lowest BCUT2D eigenvalue weighted by atomic mass is 10.2. The number of ether oxygens (including phenoxy) is 1. The molecule has 1 aromatic carbocycles. The number of nitrogens with one attached hydrogen (secondary N) is 1. The number of hydrogen-bond acceptors (Lipinski definition) is 4. The molecule has 1 unspecified atom stereocenters. The quantitative estimate of drug-likeness (QED) is 0.889. The maximum Gasteiger partial charge on any atom is 0.180 e. The van der Waals surface area contributed by atoms with E-state index in [-0.39, 0.29) is 11.8 Å². The third kappa shape index (κ3) is 3.03. The van der Waals surface area contributed by atoms with Crippen molar-refractivity contribution in [2.75, 3.05) is 24.3 Å². The summed E-state index contributed by atoms with van der Waals surface area (Å²) < 4.78 is 29.6. The van der Waals surface area contributed by atoms with E-state index in [1.54, 1.807) is 12.1 Å². The van der Waals surface area contributed by atoms with E-state index in [2.05, 4.69) is 5.32 Å². The van der Waals surface area contributed by atoms with Gasteiger partial charge in [0, 0.05) is 6.61 Å². The second-order valence-corrected chi connectivity index (χ2v) is 6.60. The fourth-order valence-corrected chi connectivity index (χ4v) is 3.61. The zero-order valence-electron chi connectivity index (χ0n) is 10.6. The van der Waals surface area contributed by atoms with Crippen LogP contribution in [0.15, 0.2) is 29.2 Å². The standard InChI is InChI=1S/C13H19NO3S/c1-2-9-18(15,16)13-6-4-3-5-12(13)14-11-7-8-17-10-11/h3-6,11,14H,2,7-10H2,1H3. The monoisotopic (exact) mass is 269 g/mol. The van der Waals surface area contributed by atoms with Gasteiger partial charge in [-0.1, -0.05) is 19.1 Å². The van der Waals surface area contributed by atoms with Crippen molar-refractivity contribution < 1.29 is 13.2 Å². The van der Waals surface area contributed by atoms with E-state index in [0.717, 1.165) is 13.0 Å². The van der Waals surface area contributed by atoms with Gasteiger partial charge in [0.2, 0.25) is 0 Å². The van der Waals surface area contributed by atoms with E-state index >= 15 is 0 Å². The molecule has 1 heterocycles. The Morgan fingerprint density at radius 1 is 1.39 bits per heavy atom. The molecule has 0 spiro atoms. The molecule has 0 aliphatic carbocycles. The van der Waals surface area contributed by atoms with Crippen LogP contribution in [0.4, 0.5) is 5.69 Å². The first-order valence-corrected chi connectivity index (χ1v) is 7.95. The van der Waals surface area contributed by atoms with E-state index in [0.29, 0.717) is 23.6 Å². The van der Waals surface area contributed by atoms with E-state index < -0.39 is 9.84 Å². The molecule has 2 rings (SSSR count). The number of rotatable bonds is 5. The van der Waals surface area contributed by atoms with Crippen molar-refractivity contribution >= 4 is 15.5 Å². The normalized spacial score (nSPS) is 19.9. The second-order valence-electron chi connectivity index (χ2n) is 4.52. The van der Waals surface area contributed by atoms with E-state index in [4.69, 9.17) is 4.74 Å². The fourth-order valence-electron chi connectivity index (χ4n) is 2.10. The summed E-state index contributed by atoms with van der Waals surface area (Å²) in [6.07, 6.45) is 1.55. The first-order chi connectivity index (χ1) is 8.63. The summed E-state index contributed by atoms with van der Waals surface area (Å²) in [5.41, 5.74) is 0.696. The largest absolute Gasteiger partial charge is 0.379 e. The molecule has 0 bridgehead atoms. The number of para-hydroxylation sites is 1. The van der Waals surface area contributed by atoms with Gasteiger partial charge in [-0.3, -0.25) is 0 Å². The van der Waals surface area contributed by atoms with Crippen LogP contribution in [0.1, 0.15) is 19.8 Å². The third-order valence-electron chi connectivity index (χ3n) is 2.98. The van der Waals surface area contributed by atoms with Gasteiger partial charge in [-0.2, -0.15) is 0 Å². The summed E-state index contributed by atoms with van der Waals surface area (Å²) >= 11 is 0. The molecule has 4 nitrogen and oxygen atoms in total. The van der Waals surface area contributed by atoms with Crippen molar-refractivity contribution in [3.05, 3.63) is 24.3 Å². The highest BCUT2D eigenvalue weighted by Gasteiger charge is 2.21. The summed E-state index contributed by atoms with van der Waals surface area (Å²) in [5.74, 6) is 0.187. The second kappa shape index (κ2) is 5.71. The van der Waals surface area contributed by atoms with Crippen LogP contribution in [-0.2, 0) is 14.6 Å². The van der Waals surface area contributed by atoms with E-state index in [1.807, 2.05) is 19.1 Å². The minimum Gasteiger partial charge on any atom is -0.379 e. The molecule has 5 heteroatoms. The first kappa shape index (κ1) is 13.4. The average Bonchev–Trinajstić information content (AvgIpc) is 2.82. The summed E-state index contributed by atoms with van der Waals surface area (Å²) in [7, 11) is -3.19. The average molecular weight is 269 g/mol. The molecule has 1 atom stereocenters. The van der Waals surface area contributed by atoms with Crippen molar-refractivity contribution in [2.24, 2.45) is 0 Å². The molecule has 0 aromatic heterocycles. The van der Waals surface area contributed by atoms with Gasteiger partial charge in [0.15, 0.2) is 9.84 Å². The lowest BCUT2D eigenvalue weighted by molar-refractivity contribution is 0.195. The molecule has 0 saturated carbocycles. The van der Waals surface area contributed by atoms with Gasteiger partial charge < -0.3 is 10.1 Å². The van der Waals surface area contributed by atoms with Gasteiger partial charge in [-0.25, -0.2) is 8.42 Å². The van der Waals surface area contributed by atoms with E-state index in [1.165, 1.54) is 0 Å². The van der Waals surface area contributed by atoms with Crippen LogP contribution in [0.3, 0.4) is 0 Å². The van der Waals surface area contributed by atoms with Gasteiger partial charge in [0.05, 0.1) is 29.0 Å². The number of benzene rings is 1. The van der Waals surface area contributed by atoms with Crippen molar-refractivity contribution in [3.63, 3.8) is 0 Å². The summed E-state index contributed by atoms with van der Waals surface area (Å²) in [6, 6.07) is 7.31. The first-order valence-electron chi connectivity index (χ1n) is 6.29. The number of anilines is 1. The van der Waals surface area contributed by atoms with Crippen LogP contribution in [0, 0.1) is 0 Å². The Labute approximate surface area is 108 Å². The molecule has 18 heavy (non-hydrogen) atoms. The predicted molar refractivity (Wildman–Crippen MR) is 71.6 cm³/mol. The molecule has 1 aliphatic rings. The lowest BCUT2D eigenvalue weighted by Crippen LogP contribution is -2.21. The molecular weight excluding hydrogens is 250 g/mol. The van der Waals surface area contributed by atoms with Gasteiger partial charge in [-0.15, -0.1) is 0 Å². The maximum atomic E-state index is 12.2. The molecule has 0 radical (unpaired) electrons. The zero-order chi connectivity index (χ0) is 13.0. The number of hydrogen-bond donors (Lipinski definition) is 1. The maximum absolute atomic E-state index is 12.2. The Hall–Kier alpha value is -1.07. The Kier molecular flexibility index (Phi) is 4.24. The molecule has 1 fully saturated rings. The van der Waals surface area contributed by atoms with Gasteiger partial charge in [0.25, 0.3) is 0 Å². The van der Waals surface area contributed by atoms with Crippen LogP contribution in [0.25, 0.3) is 0 Å². The Bertz CT molecular complexity index is 493. The van der Waals surface area contributed by atoms with Crippen LogP contribution in [-0.4, -0.2) is 33.4 Å². The minimum absolute atomic E-state index is 0.187. The number of sulfone groups is 1. The van der Waals surface area contributed by atoms with Crippen LogP contribution >= 0.6 is 0 Å².